The van der Waals surface area contributed by atoms with Crippen LogP contribution in [0.2, 0.25) is 0 Å². The summed E-state index contributed by atoms with van der Waals surface area (Å²) >= 11 is 0. The van der Waals surface area contributed by atoms with Crippen LogP contribution in [0.25, 0.3) is 0 Å². The molecule has 0 atom stereocenters. The Labute approximate surface area is 83.6 Å². The van der Waals surface area contributed by atoms with Crippen LogP contribution in [0.5, 0.6) is 5.75 Å². The number of methoxy groups -OCH3 is 1. The van der Waals surface area contributed by atoms with Crippen molar-refractivity contribution in [3.8, 4) is 5.75 Å². The van der Waals surface area contributed by atoms with Gasteiger partial charge in [0, 0.05) is 0 Å². The molecular formula is C11H13NO2. The minimum absolute atomic E-state index is 0.799. The van der Waals surface area contributed by atoms with Gasteiger partial charge in [-0.1, -0.05) is 11.7 Å². The first-order chi connectivity index (χ1) is 6.77. The second-order valence-electron chi connectivity index (χ2n) is 2.68. The molecule has 0 aliphatic rings. The predicted octanol–water partition coefficient (Wildman–Crippen LogP) is 2.58. The molecule has 0 spiro atoms. The van der Waals surface area contributed by atoms with Crippen LogP contribution in [0.4, 0.5) is 0 Å². The minimum atomic E-state index is 0.799. The van der Waals surface area contributed by atoms with Gasteiger partial charge in [0.15, 0.2) is 0 Å². The van der Waals surface area contributed by atoms with Gasteiger partial charge in [-0.15, -0.1) is 0 Å². The van der Waals surface area contributed by atoms with Crippen molar-refractivity contribution in [2.75, 3.05) is 7.11 Å². The fourth-order valence-corrected chi connectivity index (χ4v) is 1.00. The lowest BCUT2D eigenvalue weighted by molar-refractivity contribution is 0.269. The molecule has 3 heteroatoms. The van der Waals surface area contributed by atoms with Crippen LogP contribution in [0.15, 0.2) is 42.3 Å². The third-order valence-corrected chi connectivity index (χ3v) is 1.77. The summed E-state index contributed by atoms with van der Waals surface area (Å²) in [5.74, 6) is 0.825. The molecule has 0 unspecified atom stereocenters. The lowest BCUT2D eigenvalue weighted by Crippen LogP contribution is -1.94. The first kappa shape index (κ1) is 10.3. The summed E-state index contributed by atoms with van der Waals surface area (Å²) in [6.07, 6.45) is 1.28. The molecule has 0 aliphatic heterocycles. The highest BCUT2D eigenvalue weighted by Gasteiger charge is 1.97. The van der Waals surface area contributed by atoms with Crippen molar-refractivity contribution >= 4 is 5.71 Å². The molecule has 0 N–H and O–H groups in total. The summed E-state index contributed by atoms with van der Waals surface area (Å²) in [6, 6.07) is 7.60. The Hall–Kier alpha value is -1.77. The van der Waals surface area contributed by atoms with Gasteiger partial charge in [-0.05, 0) is 36.8 Å². The van der Waals surface area contributed by atoms with E-state index in [-0.39, 0.29) is 0 Å². The van der Waals surface area contributed by atoms with E-state index in [9.17, 15) is 0 Å². The van der Waals surface area contributed by atoms with E-state index in [1.807, 2.05) is 31.2 Å². The first-order valence-corrected chi connectivity index (χ1v) is 4.23. The van der Waals surface area contributed by atoms with Crippen LogP contribution in [0, 0.1) is 0 Å². The number of rotatable bonds is 4. The van der Waals surface area contributed by atoms with Gasteiger partial charge < -0.3 is 9.57 Å². The van der Waals surface area contributed by atoms with Crippen molar-refractivity contribution in [2.24, 2.45) is 5.16 Å². The molecule has 0 aliphatic carbocycles. The van der Waals surface area contributed by atoms with Crippen LogP contribution in [-0.2, 0) is 4.84 Å². The van der Waals surface area contributed by atoms with E-state index in [0.29, 0.717) is 0 Å². The van der Waals surface area contributed by atoms with E-state index in [4.69, 9.17) is 9.57 Å². The zero-order chi connectivity index (χ0) is 10.4. The normalized spacial score (nSPS) is 10.9. The van der Waals surface area contributed by atoms with Gasteiger partial charge in [-0.2, -0.15) is 0 Å². The summed E-state index contributed by atoms with van der Waals surface area (Å²) < 4.78 is 5.04. The fourth-order valence-electron chi connectivity index (χ4n) is 1.00. The van der Waals surface area contributed by atoms with Crippen LogP contribution in [0.3, 0.4) is 0 Å². The van der Waals surface area contributed by atoms with E-state index in [2.05, 4.69) is 11.7 Å². The highest BCUT2D eigenvalue weighted by molar-refractivity contribution is 5.98. The predicted molar refractivity (Wildman–Crippen MR) is 56.5 cm³/mol. The number of oxime groups is 1. The zero-order valence-electron chi connectivity index (χ0n) is 8.36. The number of hydrogen-bond acceptors (Lipinski definition) is 3. The average Bonchev–Trinajstić information content (AvgIpc) is 2.26. The van der Waals surface area contributed by atoms with Crippen molar-refractivity contribution in [1.29, 1.82) is 0 Å². The smallest absolute Gasteiger partial charge is 0.118 e. The second-order valence-corrected chi connectivity index (χ2v) is 2.68. The van der Waals surface area contributed by atoms with Crippen LogP contribution >= 0.6 is 0 Å². The number of benzene rings is 1. The molecule has 74 valence electrons. The summed E-state index contributed by atoms with van der Waals surface area (Å²) in [5.41, 5.74) is 1.79. The standard InChI is InChI=1S/C11H13NO2/c1-4-14-12-9(2)10-5-7-11(13-3)8-6-10/h4-8H,1H2,2-3H3/b12-9-. The molecule has 1 rings (SSSR count). The Morgan fingerprint density at radius 3 is 2.50 bits per heavy atom. The summed E-state index contributed by atoms with van der Waals surface area (Å²) in [7, 11) is 1.64. The van der Waals surface area contributed by atoms with E-state index < -0.39 is 0 Å². The van der Waals surface area contributed by atoms with Crippen molar-refractivity contribution in [3.63, 3.8) is 0 Å². The Kier molecular flexibility index (Phi) is 3.73. The third kappa shape index (κ3) is 2.62. The summed E-state index contributed by atoms with van der Waals surface area (Å²) in [6.45, 7) is 5.27. The Balaban J connectivity index is 2.80. The zero-order valence-corrected chi connectivity index (χ0v) is 8.36. The molecule has 1 aromatic carbocycles. The van der Waals surface area contributed by atoms with Crippen LogP contribution in [0.1, 0.15) is 12.5 Å². The molecule has 0 saturated heterocycles. The Morgan fingerprint density at radius 1 is 1.36 bits per heavy atom. The van der Waals surface area contributed by atoms with Gasteiger partial charge in [-0.25, -0.2) is 0 Å². The molecule has 3 nitrogen and oxygen atoms in total. The summed E-state index contributed by atoms with van der Waals surface area (Å²) in [5, 5.41) is 3.83. The van der Waals surface area contributed by atoms with Crippen molar-refractivity contribution in [2.45, 2.75) is 6.92 Å². The maximum atomic E-state index is 5.04. The van der Waals surface area contributed by atoms with Gasteiger partial charge in [0.25, 0.3) is 0 Å². The van der Waals surface area contributed by atoms with Crippen molar-refractivity contribution < 1.29 is 9.57 Å². The molecule has 14 heavy (non-hydrogen) atoms. The molecule has 0 amide bonds. The largest absolute Gasteiger partial charge is 0.497 e. The Bertz CT molecular complexity index is 328. The van der Waals surface area contributed by atoms with Gasteiger partial charge in [0.1, 0.15) is 12.0 Å². The Morgan fingerprint density at radius 2 is 2.00 bits per heavy atom. The average molecular weight is 191 g/mol. The number of hydrogen-bond donors (Lipinski definition) is 0. The van der Waals surface area contributed by atoms with Crippen molar-refractivity contribution in [1.82, 2.24) is 0 Å². The molecular weight excluding hydrogens is 178 g/mol. The summed E-state index contributed by atoms with van der Waals surface area (Å²) in [4.78, 5) is 4.73. The topological polar surface area (TPSA) is 30.8 Å². The molecule has 1 aromatic rings. The quantitative estimate of drug-likeness (QED) is 0.416. The van der Waals surface area contributed by atoms with E-state index in [0.717, 1.165) is 17.0 Å². The number of ether oxygens (including phenoxy) is 1. The first-order valence-electron chi connectivity index (χ1n) is 4.23. The molecule has 0 saturated carbocycles. The van der Waals surface area contributed by atoms with Gasteiger partial charge in [0.2, 0.25) is 0 Å². The van der Waals surface area contributed by atoms with Crippen molar-refractivity contribution in [3.05, 3.63) is 42.7 Å². The van der Waals surface area contributed by atoms with Gasteiger partial charge in [-0.3, -0.25) is 0 Å². The molecule has 0 radical (unpaired) electrons. The van der Waals surface area contributed by atoms with E-state index in [1.165, 1.54) is 6.26 Å². The molecule has 0 heterocycles. The minimum Gasteiger partial charge on any atom is -0.497 e. The third-order valence-electron chi connectivity index (χ3n) is 1.77. The fraction of sp³-hybridized carbons (Fsp3) is 0.182. The molecule has 0 aromatic heterocycles. The van der Waals surface area contributed by atoms with Crippen LogP contribution in [-0.4, -0.2) is 12.8 Å². The number of nitrogens with zero attached hydrogens (tertiary/aromatic N) is 1. The lowest BCUT2D eigenvalue weighted by Gasteiger charge is -2.01. The monoisotopic (exact) mass is 191 g/mol. The maximum absolute atomic E-state index is 5.04. The van der Waals surface area contributed by atoms with E-state index >= 15 is 0 Å². The highest BCUT2D eigenvalue weighted by atomic mass is 16.6. The lowest BCUT2D eigenvalue weighted by atomic mass is 10.1. The second kappa shape index (κ2) is 5.07. The van der Waals surface area contributed by atoms with Gasteiger partial charge >= 0.3 is 0 Å². The van der Waals surface area contributed by atoms with E-state index in [1.54, 1.807) is 7.11 Å². The highest BCUT2D eigenvalue weighted by Crippen LogP contribution is 2.11. The molecule has 0 bridgehead atoms. The molecule has 0 fully saturated rings. The van der Waals surface area contributed by atoms with Gasteiger partial charge in [0.05, 0.1) is 12.8 Å². The van der Waals surface area contributed by atoms with Crippen LogP contribution < -0.4 is 4.74 Å². The SMILES string of the molecule is C=CO/N=C(/C)c1ccc(OC)cc1. The maximum Gasteiger partial charge on any atom is 0.118 e.